The predicted octanol–water partition coefficient (Wildman–Crippen LogP) is 4.83. The predicted molar refractivity (Wildman–Crippen MR) is 144 cm³/mol. The van der Waals surface area contributed by atoms with Gasteiger partial charge in [0.15, 0.2) is 0 Å². The van der Waals surface area contributed by atoms with Crippen molar-refractivity contribution in [2.75, 3.05) is 22.9 Å². The third kappa shape index (κ3) is 6.23. The SMILES string of the molecule is O=C(O)C1CCCCC1C(=O)N(CCN(C(=O)C1CCCCC1C(=O)O)c1ccccc1)c1ccccc1. The molecule has 0 heterocycles. The summed E-state index contributed by atoms with van der Waals surface area (Å²) in [6, 6.07) is 18.2. The summed E-state index contributed by atoms with van der Waals surface area (Å²) in [4.78, 5) is 54.8. The second-order valence-corrected chi connectivity index (χ2v) is 10.3. The van der Waals surface area contributed by atoms with Crippen LogP contribution in [-0.4, -0.2) is 47.1 Å². The molecule has 2 fully saturated rings. The highest BCUT2D eigenvalue weighted by Crippen LogP contribution is 2.35. The molecule has 0 spiro atoms. The lowest BCUT2D eigenvalue weighted by Gasteiger charge is -2.36. The summed E-state index contributed by atoms with van der Waals surface area (Å²) in [5.74, 6) is -5.10. The van der Waals surface area contributed by atoms with Crippen molar-refractivity contribution in [1.82, 2.24) is 0 Å². The van der Waals surface area contributed by atoms with Gasteiger partial charge in [-0.25, -0.2) is 0 Å². The van der Waals surface area contributed by atoms with E-state index in [1.807, 2.05) is 60.7 Å². The first-order chi connectivity index (χ1) is 18.4. The zero-order valence-electron chi connectivity index (χ0n) is 21.6. The fraction of sp³-hybridized carbons (Fsp3) is 0.467. The highest BCUT2D eigenvalue weighted by atomic mass is 16.4. The number of hydrogen-bond donors (Lipinski definition) is 2. The Bertz CT molecular complexity index is 1030. The van der Waals surface area contributed by atoms with Gasteiger partial charge in [0.25, 0.3) is 0 Å². The number of benzene rings is 2. The highest BCUT2D eigenvalue weighted by molar-refractivity contribution is 5.99. The molecule has 2 aromatic rings. The molecule has 202 valence electrons. The van der Waals surface area contributed by atoms with Gasteiger partial charge in [-0.15, -0.1) is 0 Å². The second-order valence-electron chi connectivity index (χ2n) is 10.3. The Morgan fingerprint density at radius 1 is 0.553 bits per heavy atom. The van der Waals surface area contributed by atoms with Gasteiger partial charge >= 0.3 is 11.9 Å². The molecule has 4 atom stereocenters. The average Bonchev–Trinajstić information content (AvgIpc) is 2.95. The van der Waals surface area contributed by atoms with Gasteiger partial charge in [-0.3, -0.25) is 19.2 Å². The van der Waals surface area contributed by atoms with Crippen molar-refractivity contribution in [3.8, 4) is 0 Å². The van der Waals surface area contributed by atoms with Crippen LogP contribution in [0.25, 0.3) is 0 Å². The molecule has 2 N–H and O–H groups in total. The minimum Gasteiger partial charge on any atom is -0.481 e. The molecule has 0 radical (unpaired) electrons. The van der Waals surface area contributed by atoms with Gasteiger partial charge in [0.05, 0.1) is 23.7 Å². The molecule has 0 aromatic heterocycles. The van der Waals surface area contributed by atoms with Crippen LogP contribution >= 0.6 is 0 Å². The van der Waals surface area contributed by atoms with Gasteiger partial charge in [0.2, 0.25) is 11.8 Å². The van der Waals surface area contributed by atoms with Gasteiger partial charge in [0, 0.05) is 24.5 Å². The number of carboxylic acid groups (broad SMARTS) is 2. The van der Waals surface area contributed by atoms with Crippen molar-refractivity contribution in [3.05, 3.63) is 60.7 Å². The summed E-state index contributed by atoms with van der Waals surface area (Å²) in [7, 11) is 0. The van der Waals surface area contributed by atoms with Gasteiger partial charge in [-0.05, 0) is 49.9 Å². The first-order valence-electron chi connectivity index (χ1n) is 13.6. The van der Waals surface area contributed by atoms with Crippen LogP contribution in [0, 0.1) is 23.7 Å². The topological polar surface area (TPSA) is 115 Å². The van der Waals surface area contributed by atoms with Gasteiger partial charge in [-0.2, -0.15) is 0 Å². The fourth-order valence-corrected chi connectivity index (χ4v) is 5.99. The van der Waals surface area contributed by atoms with Crippen LogP contribution in [0.4, 0.5) is 11.4 Å². The lowest BCUT2D eigenvalue weighted by molar-refractivity contribution is -0.148. The number of carbonyl (C=O) groups is 4. The van der Waals surface area contributed by atoms with Crippen LogP contribution < -0.4 is 9.80 Å². The Labute approximate surface area is 223 Å². The zero-order chi connectivity index (χ0) is 27.1. The molecule has 0 saturated heterocycles. The third-order valence-corrected chi connectivity index (χ3v) is 8.02. The first kappa shape index (κ1) is 27.4. The van der Waals surface area contributed by atoms with E-state index in [-0.39, 0.29) is 24.9 Å². The molecule has 0 aliphatic heterocycles. The summed E-state index contributed by atoms with van der Waals surface area (Å²) >= 11 is 0. The summed E-state index contributed by atoms with van der Waals surface area (Å²) in [6.45, 7) is 0.327. The lowest BCUT2D eigenvalue weighted by Crippen LogP contribution is -2.48. The zero-order valence-corrected chi connectivity index (χ0v) is 21.6. The van der Waals surface area contributed by atoms with Crippen LogP contribution in [-0.2, 0) is 19.2 Å². The monoisotopic (exact) mass is 520 g/mol. The number of carboxylic acids is 2. The molecule has 2 aliphatic carbocycles. The summed E-state index contributed by atoms with van der Waals surface area (Å²) in [6.07, 6.45) is 5.16. The van der Waals surface area contributed by atoms with Crippen molar-refractivity contribution in [1.29, 1.82) is 0 Å². The van der Waals surface area contributed by atoms with Crippen molar-refractivity contribution in [2.24, 2.45) is 23.7 Å². The van der Waals surface area contributed by atoms with Crippen LogP contribution in [0.15, 0.2) is 60.7 Å². The lowest BCUT2D eigenvalue weighted by atomic mass is 9.78. The second kappa shape index (κ2) is 12.7. The summed E-state index contributed by atoms with van der Waals surface area (Å²) in [5, 5.41) is 19.6. The maximum Gasteiger partial charge on any atom is 0.307 e. The van der Waals surface area contributed by atoms with E-state index in [1.54, 1.807) is 9.80 Å². The highest BCUT2D eigenvalue weighted by Gasteiger charge is 2.40. The Morgan fingerprint density at radius 2 is 0.868 bits per heavy atom. The Hall–Kier alpha value is -3.68. The Kier molecular flexibility index (Phi) is 9.15. The molecule has 38 heavy (non-hydrogen) atoms. The fourth-order valence-electron chi connectivity index (χ4n) is 5.99. The maximum atomic E-state index is 13.9. The van der Waals surface area contributed by atoms with Gasteiger partial charge < -0.3 is 20.0 Å². The molecular formula is C30H36N2O6. The van der Waals surface area contributed by atoms with E-state index in [9.17, 15) is 29.4 Å². The summed E-state index contributed by atoms with van der Waals surface area (Å²) < 4.78 is 0. The van der Waals surface area contributed by atoms with E-state index in [2.05, 4.69) is 0 Å². The number of amides is 2. The van der Waals surface area contributed by atoms with E-state index < -0.39 is 35.6 Å². The van der Waals surface area contributed by atoms with Crippen LogP contribution in [0.1, 0.15) is 51.4 Å². The molecular weight excluding hydrogens is 484 g/mol. The maximum absolute atomic E-state index is 13.9. The third-order valence-electron chi connectivity index (χ3n) is 8.02. The molecule has 0 bridgehead atoms. The number of carbonyl (C=O) groups excluding carboxylic acids is 2. The molecule has 2 aliphatic rings. The van der Waals surface area contributed by atoms with Crippen molar-refractivity contribution >= 4 is 35.1 Å². The molecule has 4 rings (SSSR count). The summed E-state index contributed by atoms with van der Waals surface area (Å²) in [5.41, 5.74) is 1.29. The molecule has 4 unspecified atom stereocenters. The van der Waals surface area contributed by atoms with Crippen molar-refractivity contribution in [2.45, 2.75) is 51.4 Å². The quantitative estimate of drug-likeness (QED) is 0.489. The van der Waals surface area contributed by atoms with E-state index in [0.29, 0.717) is 37.1 Å². The number of anilines is 2. The Balaban J connectivity index is 1.62. The van der Waals surface area contributed by atoms with E-state index in [1.165, 1.54) is 0 Å². The molecule has 8 nitrogen and oxygen atoms in total. The first-order valence-corrected chi connectivity index (χ1v) is 13.6. The molecule has 8 heteroatoms. The molecule has 2 saturated carbocycles. The average molecular weight is 521 g/mol. The van der Waals surface area contributed by atoms with Gasteiger partial charge in [-0.1, -0.05) is 62.1 Å². The van der Waals surface area contributed by atoms with Gasteiger partial charge in [0.1, 0.15) is 0 Å². The number of rotatable bonds is 9. The number of para-hydroxylation sites is 2. The number of hydrogen-bond acceptors (Lipinski definition) is 4. The standard InChI is InChI=1S/C30H36N2O6/c33-27(23-15-7-9-17-25(23)29(35)36)31(21-11-3-1-4-12-21)19-20-32(22-13-5-2-6-14-22)28(34)24-16-8-10-18-26(24)30(37)38/h1-6,11-14,23-26H,7-10,15-20H2,(H,35,36)(H,37,38). The van der Waals surface area contributed by atoms with Crippen molar-refractivity contribution in [3.63, 3.8) is 0 Å². The van der Waals surface area contributed by atoms with E-state index in [0.717, 1.165) is 25.7 Å². The largest absolute Gasteiger partial charge is 0.481 e. The number of aliphatic carboxylic acids is 2. The number of nitrogens with zero attached hydrogens (tertiary/aromatic N) is 2. The van der Waals surface area contributed by atoms with Crippen LogP contribution in [0.5, 0.6) is 0 Å². The normalized spacial score (nSPS) is 23.3. The van der Waals surface area contributed by atoms with E-state index >= 15 is 0 Å². The van der Waals surface area contributed by atoms with Crippen LogP contribution in [0.2, 0.25) is 0 Å². The minimum absolute atomic E-state index is 0.163. The molecule has 2 aromatic carbocycles. The van der Waals surface area contributed by atoms with E-state index in [4.69, 9.17) is 0 Å². The minimum atomic E-state index is -0.950. The van der Waals surface area contributed by atoms with Crippen LogP contribution in [0.3, 0.4) is 0 Å². The Morgan fingerprint density at radius 3 is 1.18 bits per heavy atom. The smallest absolute Gasteiger partial charge is 0.307 e. The van der Waals surface area contributed by atoms with Crippen molar-refractivity contribution < 1.29 is 29.4 Å². The molecule has 2 amide bonds.